The van der Waals surface area contributed by atoms with Gasteiger partial charge in [0, 0.05) is 6.61 Å². The van der Waals surface area contributed by atoms with Gasteiger partial charge in [0.25, 0.3) is 0 Å². The van der Waals surface area contributed by atoms with Crippen molar-refractivity contribution in [1.82, 2.24) is 10.6 Å². The Kier molecular flexibility index (Phi) is 6.03. The lowest BCUT2D eigenvalue weighted by Gasteiger charge is -2.26. The van der Waals surface area contributed by atoms with Crippen molar-refractivity contribution in [2.24, 2.45) is 0 Å². The molecule has 116 valence electrons. The number of rotatable bonds is 3. The molecule has 0 radical (unpaired) electrons. The highest BCUT2D eigenvalue weighted by Gasteiger charge is 2.32. The molecule has 2 saturated heterocycles. The fourth-order valence-electron chi connectivity index (χ4n) is 3.07. The average molecular weight is 311 g/mol. The van der Waals surface area contributed by atoms with Gasteiger partial charge in [-0.15, -0.1) is 12.4 Å². The fraction of sp³-hybridized carbons (Fsp3) is 0.562. The minimum absolute atomic E-state index is 0. The SMILES string of the molecule is Cl.O=C(NC1CCOC1c1ccccc1)C1CCCCN1. The lowest BCUT2D eigenvalue weighted by Crippen LogP contribution is -2.50. The van der Waals surface area contributed by atoms with Crippen LogP contribution < -0.4 is 10.6 Å². The molecule has 4 nitrogen and oxygen atoms in total. The minimum atomic E-state index is -0.0271. The number of piperidine rings is 1. The van der Waals surface area contributed by atoms with Gasteiger partial charge < -0.3 is 15.4 Å². The molecule has 1 aromatic rings. The molecule has 0 aliphatic carbocycles. The van der Waals surface area contributed by atoms with Crippen LogP contribution in [0.2, 0.25) is 0 Å². The lowest BCUT2D eigenvalue weighted by atomic mass is 10.00. The Hall–Kier alpha value is -1.10. The maximum Gasteiger partial charge on any atom is 0.237 e. The first-order valence-electron chi connectivity index (χ1n) is 7.55. The maximum atomic E-state index is 12.3. The Balaban J connectivity index is 0.00000161. The molecule has 2 aliphatic rings. The molecule has 2 heterocycles. The van der Waals surface area contributed by atoms with E-state index in [0.717, 1.165) is 31.4 Å². The summed E-state index contributed by atoms with van der Waals surface area (Å²) in [6, 6.07) is 10.2. The van der Waals surface area contributed by atoms with Gasteiger partial charge in [0.05, 0.1) is 12.1 Å². The smallest absolute Gasteiger partial charge is 0.237 e. The van der Waals surface area contributed by atoms with E-state index in [9.17, 15) is 4.79 Å². The summed E-state index contributed by atoms with van der Waals surface area (Å²) >= 11 is 0. The van der Waals surface area contributed by atoms with E-state index in [-0.39, 0.29) is 36.5 Å². The molecule has 2 N–H and O–H groups in total. The van der Waals surface area contributed by atoms with Crippen molar-refractivity contribution in [2.45, 2.75) is 43.9 Å². The number of hydrogen-bond acceptors (Lipinski definition) is 3. The molecule has 21 heavy (non-hydrogen) atoms. The van der Waals surface area contributed by atoms with Crippen LogP contribution in [0, 0.1) is 0 Å². The second-order valence-corrected chi connectivity index (χ2v) is 5.61. The molecule has 3 unspecified atom stereocenters. The number of benzene rings is 1. The van der Waals surface area contributed by atoms with E-state index in [1.54, 1.807) is 0 Å². The predicted molar refractivity (Wildman–Crippen MR) is 84.6 cm³/mol. The molecule has 0 aromatic heterocycles. The highest BCUT2D eigenvalue weighted by Crippen LogP contribution is 2.29. The lowest BCUT2D eigenvalue weighted by molar-refractivity contribution is -0.124. The predicted octanol–water partition coefficient (Wildman–Crippen LogP) is 2.20. The standard InChI is InChI=1S/C16H22N2O2.ClH/c19-16(14-8-4-5-10-17-14)18-13-9-11-20-15(13)12-6-2-1-3-7-12;/h1-3,6-7,13-15,17H,4-5,8-11H2,(H,18,19);1H. The summed E-state index contributed by atoms with van der Waals surface area (Å²) in [5, 5.41) is 6.47. The maximum absolute atomic E-state index is 12.3. The molecular formula is C16H23ClN2O2. The molecule has 0 spiro atoms. The van der Waals surface area contributed by atoms with E-state index in [2.05, 4.69) is 22.8 Å². The number of ether oxygens (including phenoxy) is 1. The molecule has 1 amide bonds. The van der Waals surface area contributed by atoms with E-state index in [4.69, 9.17) is 4.74 Å². The van der Waals surface area contributed by atoms with Crippen LogP contribution in [0.5, 0.6) is 0 Å². The average Bonchev–Trinajstić information content (AvgIpc) is 2.97. The summed E-state index contributed by atoms with van der Waals surface area (Å²) < 4.78 is 5.80. The molecule has 3 atom stereocenters. The zero-order chi connectivity index (χ0) is 13.8. The van der Waals surface area contributed by atoms with Crippen LogP contribution in [-0.2, 0) is 9.53 Å². The van der Waals surface area contributed by atoms with Crippen LogP contribution in [0.25, 0.3) is 0 Å². The van der Waals surface area contributed by atoms with Gasteiger partial charge in [-0.25, -0.2) is 0 Å². The summed E-state index contributed by atoms with van der Waals surface area (Å²) in [5.74, 6) is 0.126. The monoisotopic (exact) mass is 310 g/mol. The van der Waals surface area contributed by atoms with Crippen molar-refractivity contribution in [2.75, 3.05) is 13.2 Å². The summed E-state index contributed by atoms with van der Waals surface area (Å²) in [5.41, 5.74) is 1.15. The van der Waals surface area contributed by atoms with Gasteiger partial charge in [-0.1, -0.05) is 36.8 Å². The third kappa shape index (κ3) is 3.96. The van der Waals surface area contributed by atoms with Gasteiger partial charge in [0.1, 0.15) is 6.10 Å². The van der Waals surface area contributed by atoms with Crippen LogP contribution in [0.15, 0.2) is 30.3 Å². The highest BCUT2D eigenvalue weighted by atomic mass is 35.5. The number of carbonyl (C=O) groups is 1. The quantitative estimate of drug-likeness (QED) is 0.900. The van der Waals surface area contributed by atoms with Crippen LogP contribution in [-0.4, -0.2) is 31.1 Å². The molecule has 1 aromatic carbocycles. The third-order valence-corrected chi connectivity index (χ3v) is 4.17. The first kappa shape index (κ1) is 16.3. The molecule has 0 saturated carbocycles. The summed E-state index contributed by atoms with van der Waals surface area (Å²) in [7, 11) is 0. The van der Waals surface area contributed by atoms with Crippen LogP contribution >= 0.6 is 12.4 Å². The molecule has 0 bridgehead atoms. The molecule has 2 fully saturated rings. The second kappa shape index (κ2) is 7.78. The zero-order valence-electron chi connectivity index (χ0n) is 12.1. The Labute approximate surface area is 132 Å². The van der Waals surface area contributed by atoms with Crippen molar-refractivity contribution in [3.63, 3.8) is 0 Å². The second-order valence-electron chi connectivity index (χ2n) is 5.61. The normalized spacial score (nSPS) is 28.7. The third-order valence-electron chi connectivity index (χ3n) is 4.17. The van der Waals surface area contributed by atoms with Crippen LogP contribution in [0.3, 0.4) is 0 Å². The van der Waals surface area contributed by atoms with Gasteiger partial charge in [-0.3, -0.25) is 4.79 Å². The van der Waals surface area contributed by atoms with E-state index < -0.39 is 0 Å². The first-order chi connectivity index (χ1) is 9.84. The Bertz CT molecular complexity index is 449. The fourth-order valence-corrected chi connectivity index (χ4v) is 3.07. The number of halogens is 1. The van der Waals surface area contributed by atoms with Crippen molar-refractivity contribution in [3.8, 4) is 0 Å². The Morgan fingerprint density at radius 3 is 2.71 bits per heavy atom. The van der Waals surface area contributed by atoms with Gasteiger partial charge >= 0.3 is 0 Å². The van der Waals surface area contributed by atoms with E-state index in [1.807, 2.05) is 18.2 Å². The van der Waals surface area contributed by atoms with Gasteiger partial charge in [-0.2, -0.15) is 0 Å². The summed E-state index contributed by atoms with van der Waals surface area (Å²) in [4.78, 5) is 12.3. The number of hydrogen-bond donors (Lipinski definition) is 2. The Morgan fingerprint density at radius 2 is 2.00 bits per heavy atom. The minimum Gasteiger partial charge on any atom is -0.371 e. The van der Waals surface area contributed by atoms with Crippen molar-refractivity contribution >= 4 is 18.3 Å². The van der Waals surface area contributed by atoms with Crippen LogP contribution in [0.1, 0.15) is 37.4 Å². The largest absolute Gasteiger partial charge is 0.371 e. The highest BCUT2D eigenvalue weighted by molar-refractivity contribution is 5.85. The zero-order valence-corrected chi connectivity index (χ0v) is 12.9. The van der Waals surface area contributed by atoms with Gasteiger partial charge in [0.15, 0.2) is 0 Å². The van der Waals surface area contributed by atoms with Gasteiger partial charge in [0.2, 0.25) is 5.91 Å². The van der Waals surface area contributed by atoms with Gasteiger partial charge in [-0.05, 0) is 31.4 Å². The summed E-state index contributed by atoms with van der Waals surface area (Å²) in [6.07, 6.45) is 4.12. The van der Waals surface area contributed by atoms with Crippen LogP contribution in [0.4, 0.5) is 0 Å². The first-order valence-corrected chi connectivity index (χ1v) is 7.55. The van der Waals surface area contributed by atoms with E-state index in [0.29, 0.717) is 6.61 Å². The molecule has 2 aliphatic heterocycles. The molecule has 3 rings (SSSR count). The topological polar surface area (TPSA) is 50.4 Å². The van der Waals surface area contributed by atoms with E-state index >= 15 is 0 Å². The Morgan fingerprint density at radius 1 is 1.19 bits per heavy atom. The number of nitrogens with one attached hydrogen (secondary N) is 2. The van der Waals surface area contributed by atoms with Crippen molar-refractivity contribution < 1.29 is 9.53 Å². The van der Waals surface area contributed by atoms with E-state index in [1.165, 1.54) is 6.42 Å². The molecule has 5 heteroatoms. The summed E-state index contributed by atoms with van der Waals surface area (Å²) in [6.45, 7) is 1.66. The molecular weight excluding hydrogens is 288 g/mol. The number of carbonyl (C=O) groups excluding carboxylic acids is 1. The number of amides is 1. The van der Waals surface area contributed by atoms with Crippen molar-refractivity contribution in [3.05, 3.63) is 35.9 Å². The van der Waals surface area contributed by atoms with Crippen molar-refractivity contribution in [1.29, 1.82) is 0 Å².